The highest BCUT2D eigenvalue weighted by molar-refractivity contribution is 5.86. The molecule has 4 heterocycles. The van der Waals surface area contributed by atoms with Gasteiger partial charge in [0.2, 0.25) is 0 Å². The maximum Gasteiger partial charge on any atom is 0.144 e. The van der Waals surface area contributed by atoms with Gasteiger partial charge in [0, 0.05) is 38.0 Å². The predicted octanol–water partition coefficient (Wildman–Crippen LogP) is 0.234. The van der Waals surface area contributed by atoms with Crippen LogP contribution in [-0.4, -0.2) is 48.4 Å². The summed E-state index contributed by atoms with van der Waals surface area (Å²) in [5.74, 6) is 1.25. The highest BCUT2D eigenvalue weighted by atomic mass is 35.5. The van der Waals surface area contributed by atoms with Crippen LogP contribution < -0.4 is 0 Å². The quantitative estimate of drug-likeness (QED) is 0.589. The van der Waals surface area contributed by atoms with Crippen LogP contribution in [0.25, 0.3) is 0 Å². The van der Waals surface area contributed by atoms with E-state index in [1.807, 2.05) is 0 Å². The van der Waals surface area contributed by atoms with Gasteiger partial charge in [0.1, 0.15) is 5.78 Å². The normalized spacial score (nSPS) is 45.4. The molecule has 0 radical (unpaired) electrons. The van der Waals surface area contributed by atoms with Crippen molar-refractivity contribution in [3.8, 4) is 0 Å². The van der Waals surface area contributed by atoms with E-state index in [2.05, 4.69) is 9.80 Å². The summed E-state index contributed by atoms with van der Waals surface area (Å²) in [7, 11) is 0. The van der Waals surface area contributed by atoms with Gasteiger partial charge in [-0.05, 0) is 0 Å². The molecule has 0 aromatic rings. The molecule has 0 spiro atoms. The van der Waals surface area contributed by atoms with Crippen molar-refractivity contribution in [1.82, 2.24) is 9.80 Å². The monoisotopic (exact) mass is 224 g/mol. The number of nitrogens with zero attached hydrogens (tertiary/aromatic N) is 2. The highest BCUT2D eigenvalue weighted by Crippen LogP contribution is 2.30. The van der Waals surface area contributed by atoms with Gasteiger partial charge < -0.3 is 0 Å². The minimum absolute atomic E-state index is 0. The third-order valence-corrected chi connectivity index (χ3v) is 3.12. The first-order chi connectivity index (χ1) is 5.33. The van der Waals surface area contributed by atoms with Crippen molar-refractivity contribution in [3.05, 3.63) is 0 Å². The lowest BCUT2D eigenvalue weighted by Crippen LogP contribution is -2.66. The zero-order chi connectivity index (χ0) is 7.42. The maximum absolute atomic E-state index is 11.5. The lowest BCUT2D eigenvalue weighted by molar-refractivity contribution is -0.148. The third kappa shape index (κ3) is 1.59. The second-order valence-corrected chi connectivity index (χ2v) is 4.01. The van der Waals surface area contributed by atoms with Gasteiger partial charge in [-0.15, -0.1) is 24.8 Å². The van der Waals surface area contributed by atoms with Crippen LogP contribution in [-0.2, 0) is 4.79 Å². The van der Waals surface area contributed by atoms with Crippen molar-refractivity contribution in [3.63, 3.8) is 0 Å². The molecule has 0 N–H and O–H groups in total. The number of piperidine rings is 2. The Morgan fingerprint density at radius 2 is 1.31 bits per heavy atom. The summed E-state index contributed by atoms with van der Waals surface area (Å²) in [4.78, 5) is 16.3. The second kappa shape index (κ2) is 3.73. The Kier molecular flexibility index (Phi) is 3.23. The second-order valence-electron chi connectivity index (χ2n) is 4.01. The molecular weight excluding hydrogens is 211 g/mol. The SMILES string of the molecule is Cl.Cl.O=C1C2CN3CC1CN(C2)C3. The van der Waals surface area contributed by atoms with E-state index in [0.29, 0.717) is 17.6 Å². The molecule has 5 heteroatoms. The Hall–Kier alpha value is 0.170. The molecule has 4 bridgehead atoms. The summed E-state index contributed by atoms with van der Waals surface area (Å²) in [6, 6.07) is 0. The predicted molar refractivity (Wildman–Crippen MR) is 54.5 cm³/mol. The number of carbonyl (C=O) groups excluding carboxylic acids is 1. The van der Waals surface area contributed by atoms with Gasteiger partial charge in [0.25, 0.3) is 0 Å². The van der Waals surface area contributed by atoms with Gasteiger partial charge in [0.05, 0.1) is 6.67 Å². The lowest BCUT2D eigenvalue weighted by atomic mass is 9.81. The zero-order valence-electron chi connectivity index (χ0n) is 7.31. The number of hydrogen-bond acceptors (Lipinski definition) is 3. The van der Waals surface area contributed by atoms with Gasteiger partial charge in [-0.2, -0.15) is 0 Å². The Balaban J connectivity index is 0.000000422. The van der Waals surface area contributed by atoms with Gasteiger partial charge in [-0.25, -0.2) is 0 Å². The minimum Gasteiger partial charge on any atom is -0.299 e. The number of halogens is 2. The van der Waals surface area contributed by atoms with E-state index in [4.69, 9.17) is 0 Å². The smallest absolute Gasteiger partial charge is 0.144 e. The summed E-state index contributed by atoms with van der Waals surface area (Å²) < 4.78 is 0. The van der Waals surface area contributed by atoms with Crippen LogP contribution in [0.4, 0.5) is 0 Å². The average molecular weight is 225 g/mol. The lowest BCUT2D eigenvalue weighted by Gasteiger charge is -2.52. The van der Waals surface area contributed by atoms with Crippen molar-refractivity contribution in [1.29, 1.82) is 0 Å². The molecule has 4 aliphatic heterocycles. The Bertz CT molecular complexity index is 192. The van der Waals surface area contributed by atoms with E-state index in [-0.39, 0.29) is 24.8 Å². The molecule has 4 saturated heterocycles. The molecule has 0 aromatic heterocycles. The van der Waals surface area contributed by atoms with Crippen LogP contribution in [0.1, 0.15) is 0 Å². The first-order valence-electron chi connectivity index (χ1n) is 4.31. The van der Waals surface area contributed by atoms with E-state index >= 15 is 0 Å². The molecule has 0 aromatic carbocycles. The van der Waals surface area contributed by atoms with E-state index in [9.17, 15) is 4.79 Å². The Labute approximate surface area is 90.3 Å². The molecule has 4 rings (SSSR count). The van der Waals surface area contributed by atoms with Gasteiger partial charge in [0.15, 0.2) is 0 Å². The molecule has 76 valence electrons. The Morgan fingerprint density at radius 3 is 1.69 bits per heavy atom. The maximum atomic E-state index is 11.5. The number of hydrogen-bond donors (Lipinski definition) is 0. The molecular formula is C8H14Cl2N2O. The van der Waals surface area contributed by atoms with Crippen LogP contribution in [0.2, 0.25) is 0 Å². The molecule has 0 unspecified atom stereocenters. The average Bonchev–Trinajstić information content (AvgIpc) is 1.98. The zero-order valence-corrected chi connectivity index (χ0v) is 8.94. The van der Waals surface area contributed by atoms with Crippen LogP contribution in [0, 0.1) is 11.8 Å². The van der Waals surface area contributed by atoms with E-state index in [1.54, 1.807) is 0 Å². The van der Waals surface area contributed by atoms with E-state index < -0.39 is 0 Å². The largest absolute Gasteiger partial charge is 0.299 e. The first-order valence-corrected chi connectivity index (χ1v) is 4.31. The summed E-state index contributed by atoms with van der Waals surface area (Å²) in [6.07, 6.45) is 0. The molecule has 0 amide bonds. The van der Waals surface area contributed by atoms with Gasteiger partial charge in [-0.1, -0.05) is 0 Å². The first kappa shape index (κ1) is 11.2. The fourth-order valence-corrected chi connectivity index (χ4v) is 2.72. The van der Waals surface area contributed by atoms with Crippen molar-refractivity contribution < 1.29 is 4.79 Å². The minimum atomic E-state index is 0. The summed E-state index contributed by atoms with van der Waals surface area (Å²) in [5, 5.41) is 0. The summed E-state index contributed by atoms with van der Waals surface area (Å²) in [6.45, 7) is 5.25. The molecule has 0 atom stereocenters. The fraction of sp³-hybridized carbons (Fsp3) is 0.875. The summed E-state index contributed by atoms with van der Waals surface area (Å²) in [5.41, 5.74) is 0. The number of ketones is 1. The molecule has 0 aliphatic carbocycles. The topological polar surface area (TPSA) is 23.6 Å². The molecule has 0 saturated carbocycles. The van der Waals surface area contributed by atoms with Crippen molar-refractivity contribution in [2.45, 2.75) is 0 Å². The summed E-state index contributed by atoms with van der Waals surface area (Å²) >= 11 is 0. The number of rotatable bonds is 0. The van der Waals surface area contributed by atoms with Crippen molar-refractivity contribution in [2.24, 2.45) is 11.8 Å². The van der Waals surface area contributed by atoms with Crippen LogP contribution in [0.5, 0.6) is 0 Å². The van der Waals surface area contributed by atoms with Crippen molar-refractivity contribution in [2.75, 3.05) is 32.8 Å². The molecule has 13 heavy (non-hydrogen) atoms. The van der Waals surface area contributed by atoms with Crippen LogP contribution in [0.15, 0.2) is 0 Å². The Morgan fingerprint density at radius 1 is 0.923 bits per heavy atom. The molecule has 3 nitrogen and oxygen atoms in total. The van der Waals surface area contributed by atoms with E-state index in [1.165, 1.54) is 0 Å². The third-order valence-electron chi connectivity index (χ3n) is 3.12. The van der Waals surface area contributed by atoms with Crippen LogP contribution in [0.3, 0.4) is 0 Å². The number of carbonyl (C=O) groups is 1. The highest BCUT2D eigenvalue weighted by Gasteiger charge is 2.45. The van der Waals surface area contributed by atoms with Crippen molar-refractivity contribution >= 4 is 30.6 Å². The fourth-order valence-electron chi connectivity index (χ4n) is 2.72. The standard InChI is InChI=1S/C8H12N2O.2ClH/c11-8-6-1-9-3-7(8)4-10(2-6)5-9;;/h6-7H,1-5H2;2*1H. The molecule has 4 fully saturated rings. The van der Waals surface area contributed by atoms with Gasteiger partial charge in [-0.3, -0.25) is 14.6 Å². The van der Waals surface area contributed by atoms with Crippen LogP contribution >= 0.6 is 24.8 Å². The van der Waals surface area contributed by atoms with E-state index in [0.717, 1.165) is 32.8 Å². The number of Topliss-reactive ketones (excluding diaryl/α,β-unsaturated/α-hetero) is 1. The molecule has 4 aliphatic rings. The van der Waals surface area contributed by atoms with Gasteiger partial charge >= 0.3 is 0 Å².